The van der Waals surface area contributed by atoms with Crippen molar-refractivity contribution in [2.75, 3.05) is 13.1 Å². The molecule has 0 aromatic heterocycles. The zero-order chi connectivity index (χ0) is 19.7. The minimum atomic E-state index is -3.53. The average Bonchev–Trinajstić information content (AvgIpc) is 2.60. The second-order valence-corrected chi connectivity index (χ2v) is 7.90. The molecule has 0 atom stereocenters. The first kappa shape index (κ1) is 20.9. The maximum Gasteiger partial charge on any atom is 0.314 e. The van der Waals surface area contributed by atoms with Crippen molar-refractivity contribution >= 4 is 16.1 Å². The summed E-state index contributed by atoms with van der Waals surface area (Å²) >= 11 is 0. The number of nitrogens with two attached hydrogens (primary N) is 1. The van der Waals surface area contributed by atoms with Crippen LogP contribution >= 0.6 is 0 Å². The van der Waals surface area contributed by atoms with Crippen LogP contribution in [0.5, 0.6) is 0 Å². The molecule has 27 heavy (non-hydrogen) atoms. The predicted octanol–water partition coefficient (Wildman–Crippen LogP) is 2.09. The Balaban J connectivity index is 1.60. The number of benzene rings is 2. The van der Waals surface area contributed by atoms with Gasteiger partial charge in [0.05, 0.1) is 5.75 Å². The summed E-state index contributed by atoms with van der Waals surface area (Å²) in [4.78, 5) is 11.7. The lowest BCUT2D eigenvalue weighted by atomic mass is 10.1. The number of rotatable bonds is 9. The lowest BCUT2D eigenvalue weighted by Crippen LogP contribution is -2.37. The highest BCUT2D eigenvalue weighted by atomic mass is 32.2. The van der Waals surface area contributed by atoms with Crippen LogP contribution in [0.15, 0.2) is 48.5 Å². The Bertz CT molecular complexity index is 838. The summed E-state index contributed by atoms with van der Waals surface area (Å²) in [6.45, 7) is 1.00. The summed E-state index contributed by atoms with van der Waals surface area (Å²) < 4.78 is 34.9. The third-order valence-electron chi connectivity index (χ3n) is 3.93. The van der Waals surface area contributed by atoms with Gasteiger partial charge in [-0.15, -0.1) is 0 Å². The van der Waals surface area contributed by atoms with Gasteiger partial charge in [-0.3, -0.25) is 0 Å². The Labute approximate surface area is 159 Å². The number of carbonyl (C=O) groups is 1. The van der Waals surface area contributed by atoms with Gasteiger partial charge in [0.1, 0.15) is 5.82 Å². The summed E-state index contributed by atoms with van der Waals surface area (Å²) in [5, 5.41) is 10.6. The molecule has 0 spiro atoms. The Morgan fingerprint density at radius 2 is 1.37 bits per heavy atom. The van der Waals surface area contributed by atoms with E-state index in [2.05, 4.69) is 10.6 Å². The van der Waals surface area contributed by atoms with Crippen molar-refractivity contribution in [2.24, 2.45) is 5.14 Å². The Kier molecular flexibility index (Phi) is 7.75. The van der Waals surface area contributed by atoms with Crippen LogP contribution in [0, 0.1) is 5.82 Å². The van der Waals surface area contributed by atoms with E-state index in [0.717, 1.165) is 24.0 Å². The Morgan fingerprint density at radius 1 is 0.852 bits per heavy atom. The van der Waals surface area contributed by atoms with Gasteiger partial charge in [0, 0.05) is 13.1 Å². The lowest BCUT2D eigenvalue weighted by molar-refractivity contribution is 0.241. The molecule has 0 aliphatic heterocycles. The topological polar surface area (TPSA) is 101 Å². The number of aryl methyl sites for hydroxylation is 1. The highest BCUT2D eigenvalue weighted by Crippen LogP contribution is 2.07. The van der Waals surface area contributed by atoms with Gasteiger partial charge in [-0.25, -0.2) is 22.7 Å². The van der Waals surface area contributed by atoms with E-state index < -0.39 is 10.0 Å². The first-order chi connectivity index (χ1) is 12.8. The first-order valence-corrected chi connectivity index (χ1v) is 10.4. The first-order valence-electron chi connectivity index (χ1n) is 8.66. The fourth-order valence-corrected chi connectivity index (χ4v) is 3.22. The second-order valence-electron chi connectivity index (χ2n) is 6.29. The summed E-state index contributed by atoms with van der Waals surface area (Å²) in [6.07, 6.45) is 2.18. The summed E-state index contributed by atoms with van der Waals surface area (Å²) in [5.41, 5.74) is 2.65. The number of urea groups is 1. The molecule has 0 saturated carbocycles. The molecule has 8 heteroatoms. The third-order valence-corrected chi connectivity index (χ3v) is 4.67. The van der Waals surface area contributed by atoms with E-state index in [9.17, 15) is 17.6 Å². The summed E-state index contributed by atoms with van der Waals surface area (Å²) in [5.74, 6) is -0.443. The molecule has 0 aliphatic carbocycles. The zero-order valence-corrected chi connectivity index (χ0v) is 15.8. The highest BCUT2D eigenvalue weighted by molar-refractivity contribution is 7.88. The van der Waals surface area contributed by atoms with Crippen LogP contribution in [-0.4, -0.2) is 27.5 Å². The van der Waals surface area contributed by atoms with Gasteiger partial charge >= 0.3 is 6.03 Å². The monoisotopic (exact) mass is 393 g/mol. The van der Waals surface area contributed by atoms with Gasteiger partial charge in [0.2, 0.25) is 10.0 Å². The Hall–Kier alpha value is -2.45. The van der Waals surface area contributed by atoms with E-state index >= 15 is 0 Å². The molecule has 0 unspecified atom stereocenters. The Morgan fingerprint density at radius 3 is 2.00 bits per heavy atom. The number of halogens is 1. The van der Waals surface area contributed by atoms with Crippen LogP contribution in [0.25, 0.3) is 0 Å². The normalized spacial score (nSPS) is 11.2. The molecule has 2 aromatic carbocycles. The van der Waals surface area contributed by atoms with Crippen LogP contribution in [0.4, 0.5) is 9.18 Å². The summed E-state index contributed by atoms with van der Waals surface area (Å²) in [7, 11) is -3.53. The standard InChI is InChI=1S/C19H24FN3O3S/c20-18-9-7-15(8-10-18)2-1-12-22-19(24)23-13-11-16-3-5-17(6-4-16)14-27(21,25)26/h3-10H,1-2,11-14H2,(H2,21,25,26)(H2,22,23,24). The quantitative estimate of drug-likeness (QED) is 0.569. The van der Waals surface area contributed by atoms with Crippen molar-refractivity contribution in [3.63, 3.8) is 0 Å². The molecule has 2 rings (SSSR count). The highest BCUT2D eigenvalue weighted by Gasteiger charge is 2.05. The van der Waals surface area contributed by atoms with Gasteiger partial charge in [0.25, 0.3) is 0 Å². The molecule has 0 saturated heterocycles. The van der Waals surface area contributed by atoms with Gasteiger partial charge in [-0.05, 0) is 48.1 Å². The van der Waals surface area contributed by atoms with Crippen LogP contribution in [0.2, 0.25) is 0 Å². The van der Waals surface area contributed by atoms with Crippen LogP contribution in [0.1, 0.15) is 23.1 Å². The molecule has 2 amide bonds. The number of sulfonamides is 1. The molecule has 0 bridgehead atoms. The molecule has 146 valence electrons. The van der Waals surface area contributed by atoms with Crippen LogP contribution in [-0.2, 0) is 28.6 Å². The number of hydrogen-bond donors (Lipinski definition) is 3. The van der Waals surface area contributed by atoms with Crippen molar-refractivity contribution in [1.82, 2.24) is 10.6 Å². The average molecular weight is 393 g/mol. The molecular weight excluding hydrogens is 369 g/mol. The summed E-state index contributed by atoms with van der Waals surface area (Å²) in [6, 6.07) is 13.2. The maximum absolute atomic E-state index is 12.8. The van der Waals surface area contributed by atoms with Gasteiger partial charge in [0.15, 0.2) is 0 Å². The van der Waals surface area contributed by atoms with Crippen molar-refractivity contribution in [2.45, 2.75) is 25.0 Å². The van der Waals surface area contributed by atoms with E-state index in [4.69, 9.17) is 5.14 Å². The smallest absolute Gasteiger partial charge is 0.314 e. The minimum absolute atomic E-state index is 0.189. The lowest BCUT2D eigenvalue weighted by Gasteiger charge is -2.08. The maximum atomic E-state index is 12.8. The molecule has 0 radical (unpaired) electrons. The molecule has 0 heterocycles. The molecule has 2 aromatic rings. The van der Waals surface area contributed by atoms with Crippen molar-refractivity contribution < 1.29 is 17.6 Å². The van der Waals surface area contributed by atoms with Crippen molar-refractivity contribution in [3.8, 4) is 0 Å². The van der Waals surface area contributed by atoms with Crippen molar-refractivity contribution in [1.29, 1.82) is 0 Å². The third kappa shape index (κ3) is 8.65. The zero-order valence-electron chi connectivity index (χ0n) is 14.9. The van der Waals surface area contributed by atoms with E-state index in [-0.39, 0.29) is 17.6 Å². The SMILES string of the molecule is NS(=O)(=O)Cc1ccc(CCNC(=O)NCCCc2ccc(F)cc2)cc1. The van der Waals surface area contributed by atoms with Crippen molar-refractivity contribution in [3.05, 3.63) is 71.0 Å². The largest absolute Gasteiger partial charge is 0.338 e. The van der Waals surface area contributed by atoms with Gasteiger partial charge < -0.3 is 10.6 Å². The van der Waals surface area contributed by atoms with E-state index in [1.165, 1.54) is 12.1 Å². The number of carbonyl (C=O) groups excluding carboxylic acids is 1. The van der Waals surface area contributed by atoms with Crippen LogP contribution < -0.4 is 15.8 Å². The number of amides is 2. The predicted molar refractivity (Wildman–Crippen MR) is 103 cm³/mol. The van der Waals surface area contributed by atoms with E-state index in [0.29, 0.717) is 25.1 Å². The molecule has 4 N–H and O–H groups in total. The van der Waals surface area contributed by atoms with Crippen LogP contribution in [0.3, 0.4) is 0 Å². The van der Waals surface area contributed by atoms with Gasteiger partial charge in [-0.1, -0.05) is 36.4 Å². The number of nitrogens with one attached hydrogen (secondary N) is 2. The molecule has 0 fully saturated rings. The molecule has 6 nitrogen and oxygen atoms in total. The number of primary sulfonamides is 1. The number of hydrogen-bond acceptors (Lipinski definition) is 3. The van der Waals surface area contributed by atoms with Gasteiger partial charge in [-0.2, -0.15) is 0 Å². The molecule has 0 aliphatic rings. The van der Waals surface area contributed by atoms with E-state index in [1.54, 1.807) is 24.3 Å². The minimum Gasteiger partial charge on any atom is -0.338 e. The fourth-order valence-electron chi connectivity index (χ4n) is 2.56. The second kappa shape index (κ2) is 10.0. The molecular formula is C19H24FN3O3S. The van der Waals surface area contributed by atoms with E-state index in [1.807, 2.05) is 12.1 Å². The fraction of sp³-hybridized carbons (Fsp3) is 0.316.